The van der Waals surface area contributed by atoms with E-state index >= 15 is 0 Å². The Morgan fingerprint density at radius 3 is 2.71 bits per heavy atom. The number of thiophene rings is 1. The average Bonchev–Trinajstić information content (AvgIpc) is 2.77. The lowest BCUT2D eigenvalue weighted by molar-refractivity contribution is -0.125. The Hall–Kier alpha value is -0.620. The molecule has 1 rings (SSSR count). The van der Waals surface area contributed by atoms with Crippen molar-refractivity contribution in [3.8, 4) is 0 Å². The van der Waals surface area contributed by atoms with E-state index in [1.807, 2.05) is 16.8 Å². The summed E-state index contributed by atoms with van der Waals surface area (Å²) in [5.74, 6) is -0.362. The molecule has 0 fully saturated rings. The van der Waals surface area contributed by atoms with Crippen LogP contribution in [0.5, 0.6) is 0 Å². The van der Waals surface area contributed by atoms with E-state index in [2.05, 4.69) is 5.32 Å². The molecule has 0 aromatic carbocycles. The van der Waals surface area contributed by atoms with Gasteiger partial charge in [0, 0.05) is 18.5 Å². The average molecular weight is 279 g/mol. The molecule has 0 spiro atoms. The van der Waals surface area contributed by atoms with Crippen LogP contribution >= 0.6 is 23.7 Å². The molecule has 17 heavy (non-hydrogen) atoms. The molecule has 1 aromatic rings. The first-order valence-electron chi connectivity index (χ1n) is 5.25. The summed E-state index contributed by atoms with van der Waals surface area (Å²) in [6.07, 6.45) is -0.643. The van der Waals surface area contributed by atoms with Crippen LogP contribution in [0.3, 0.4) is 0 Å². The Kier molecular flexibility index (Phi) is 7.38. The highest BCUT2D eigenvalue weighted by molar-refractivity contribution is 7.07. The Morgan fingerprint density at radius 2 is 2.24 bits per heavy atom. The fraction of sp³-hybridized carbons (Fsp3) is 0.545. The first kappa shape index (κ1) is 16.4. The molecule has 4 N–H and O–H groups in total. The van der Waals surface area contributed by atoms with E-state index in [-0.39, 0.29) is 36.8 Å². The van der Waals surface area contributed by atoms with Gasteiger partial charge in [0.1, 0.15) is 0 Å². The van der Waals surface area contributed by atoms with Crippen LogP contribution in [0.2, 0.25) is 0 Å². The highest BCUT2D eigenvalue weighted by Gasteiger charge is 2.18. The van der Waals surface area contributed by atoms with Crippen molar-refractivity contribution >= 4 is 29.7 Å². The van der Waals surface area contributed by atoms with Gasteiger partial charge >= 0.3 is 0 Å². The van der Waals surface area contributed by atoms with Crippen LogP contribution in [0.15, 0.2) is 16.8 Å². The van der Waals surface area contributed by atoms with Gasteiger partial charge in [-0.3, -0.25) is 4.79 Å². The van der Waals surface area contributed by atoms with E-state index in [4.69, 9.17) is 5.73 Å². The Balaban J connectivity index is 0.00000256. The first-order valence-corrected chi connectivity index (χ1v) is 6.20. The van der Waals surface area contributed by atoms with Gasteiger partial charge in [0.15, 0.2) is 0 Å². The maximum Gasteiger partial charge on any atom is 0.224 e. The van der Waals surface area contributed by atoms with Gasteiger partial charge < -0.3 is 16.2 Å². The van der Waals surface area contributed by atoms with E-state index in [9.17, 15) is 9.90 Å². The monoisotopic (exact) mass is 278 g/mol. The van der Waals surface area contributed by atoms with Crippen molar-refractivity contribution in [3.05, 3.63) is 22.4 Å². The fourth-order valence-electron chi connectivity index (χ4n) is 1.18. The SMILES string of the molecule is CC(N)C(C)C(=O)NCC(O)c1ccsc1.Cl. The molecule has 0 aliphatic carbocycles. The molecule has 3 atom stereocenters. The minimum absolute atomic E-state index is 0. The minimum Gasteiger partial charge on any atom is -0.387 e. The summed E-state index contributed by atoms with van der Waals surface area (Å²) in [7, 11) is 0. The molecule has 0 saturated carbocycles. The highest BCUT2D eigenvalue weighted by atomic mass is 35.5. The van der Waals surface area contributed by atoms with Crippen molar-refractivity contribution in [1.29, 1.82) is 0 Å². The summed E-state index contributed by atoms with van der Waals surface area (Å²) in [5, 5.41) is 16.2. The van der Waals surface area contributed by atoms with Crippen molar-refractivity contribution in [3.63, 3.8) is 0 Å². The summed E-state index contributed by atoms with van der Waals surface area (Å²) >= 11 is 1.52. The third-order valence-electron chi connectivity index (χ3n) is 2.60. The minimum atomic E-state index is -0.643. The number of carbonyl (C=O) groups excluding carboxylic acids is 1. The molecule has 4 nitrogen and oxygen atoms in total. The van der Waals surface area contributed by atoms with E-state index < -0.39 is 6.10 Å². The lowest BCUT2D eigenvalue weighted by Crippen LogP contribution is -2.40. The molecule has 98 valence electrons. The number of amides is 1. The van der Waals surface area contributed by atoms with Crippen LogP contribution in [0.1, 0.15) is 25.5 Å². The number of halogens is 1. The second-order valence-electron chi connectivity index (χ2n) is 3.97. The maximum atomic E-state index is 11.6. The van der Waals surface area contributed by atoms with Gasteiger partial charge in [0.2, 0.25) is 5.91 Å². The van der Waals surface area contributed by atoms with Crippen molar-refractivity contribution in [2.75, 3.05) is 6.54 Å². The van der Waals surface area contributed by atoms with Crippen molar-refractivity contribution in [2.45, 2.75) is 26.0 Å². The zero-order valence-corrected chi connectivity index (χ0v) is 11.6. The van der Waals surface area contributed by atoms with Crippen LogP contribution in [-0.4, -0.2) is 23.6 Å². The van der Waals surface area contributed by atoms with Crippen LogP contribution in [0.4, 0.5) is 0 Å². The van der Waals surface area contributed by atoms with Crippen molar-refractivity contribution in [2.24, 2.45) is 11.7 Å². The van der Waals surface area contributed by atoms with Gasteiger partial charge in [-0.15, -0.1) is 12.4 Å². The van der Waals surface area contributed by atoms with Gasteiger partial charge in [-0.1, -0.05) is 6.92 Å². The third-order valence-corrected chi connectivity index (χ3v) is 3.30. The molecule has 6 heteroatoms. The smallest absolute Gasteiger partial charge is 0.224 e. The van der Waals surface area contributed by atoms with E-state index in [0.29, 0.717) is 0 Å². The molecule has 0 saturated heterocycles. The number of nitrogens with two attached hydrogens (primary N) is 1. The van der Waals surface area contributed by atoms with E-state index in [0.717, 1.165) is 5.56 Å². The van der Waals surface area contributed by atoms with Crippen LogP contribution in [0.25, 0.3) is 0 Å². The summed E-state index contributed by atoms with van der Waals surface area (Å²) < 4.78 is 0. The number of carbonyl (C=O) groups is 1. The number of aliphatic hydroxyl groups excluding tert-OH is 1. The topological polar surface area (TPSA) is 75.4 Å². The number of aliphatic hydroxyl groups is 1. The molecule has 0 aliphatic rings. The molecular formula is C11H19ClN2O2S. The van der Waals surface area contributed by atoms with Gasteiger partial charge in [0.25, 0.3) is 0 Å². The molecule has 1 amide bonds. The summed E-state index contributed by atoms with van der Waals surface area (Å²) in [6.45, 7) is 3.79. The maximum absolute atomic E-state index is 11.6. The number of rotatable bonds is 5. The summed E-state index contributed by atoms with van der Waals surface area (Å²) in [4.78, 5) is 11.6. The van der Waals surface area contributed by atoms with E-state index in [1.165, 1.54) is 11.3 Å². The van der Waals surface area contributed by atoms with Gasteiger partial charge in [0.05, 0.1) is 6.10 Å². The molecule has 0 bridgehead atoms. The molecule has 1 aromatic heterocycles. The number of hydrogen-bond acceptors (Lipinski definition) is 4. The zero-order chi connectivity index (χ0) is 12.1. The second kappa shape index (κ2) is 7.66. The summed E-state index contributed by atoms with van der Waals surface area (Å²) in [6, 6.07) is 1.66. The Labute approximate surface area is 112 Å². The van der Waals surface area contributed by atoms with Crippen LogP contribution in [0, 0.1) is 5.92 Å². The first-order chi connectivity index (χ1) is 7.52. The predicted molar refractivity (Wildman–Crippen MR) is 72.3 cm³/mol. The number of nitrogens with one attached hydrogen (secondary N) is 1. The summed E-state index contributed by atoms with van der Waals surface area (Å²) in [5.41, 5.74) is 6.45. The van der Waals surface area contributed by atoms with Gasteiger partial charge in [-0.25, -0.2) is 0 Å². The molecule has 0 radical (unpaired) electrons. The third kappa shape index (κ3) is 5.04. The highest BCUT2D eigenvalue weighted by Crippen LogP contribution is 2.15. The fourth-order valence-corrected chi connectivity index (χ4v) is 1.89. The van der Waals surface area contributed by atoms with Gasteiger partial charge in [-0.05, 0) is 29.3 Å². The van der Waals surface area contributed by atoms with Gasteiger partial charge in [-0.2, -0.15) is 11.3 Å². The van der Waals surface area contributed by atoms with Crippen LogP contribution in [-0.2, 0) is 4.79 Å². The predicted octanol–water partition coefficient (Wildman–Crippen LogP) is 1.30. The second-order valence-corrected chi connectivity index (χ2v) is 4.75. The quantitative estimate of drug-likeness (QED) is 0.760. The van der Waals surface area contributed by atoms with Crippen molar-refractivity contribution < 1.29 is 9.90 Å². The molecule has 3 unspecified atom stereocenters. The van der Waals surface area contributed by atoms with E-state index in [1.54, 1.807) is 13.8 Å². The molecule has 0 aliphatic heterocycles. The Bertz CT molecular complexity index is 330. The number of hydrogen-bond donors (Lipinski definition) is 3. The zero-order valence-electron chi connectivity index (χ0n) is 9.92. The normalized spacial score (nSPS) is 15.5. The molecular weight excluding hydrogens is 260 g/mol. The Morgan fingerprint density at radius 1 is 1.59 bits per heavy atom. The molecule has 1 heterocycles. The van der Waals surface area contributed by atoms with Crippen molar-refractivity contribution in [1.82, 2.24) is 5.32 Å². The lowest BCUT2D eigenvalue weighted by Gasteiger charge is -2.17. The lowest BCUT2D eigenvalue weighted by atomic mass is 10.0. The largest absolute Gasteiger partial charge is 0.387 e. The van der Waals surface area contributed by atoms with Crippen LogP contribution < -0.4 is 11.1 Å². The standard InChI is InChI=1S/C11H18N2O2S.ClH/c1-7(8(2)12)11(15)13-5-10(14)9-3-4-16-6-9;/h3-4,6-8,10,14H,5,12H2,1-2H3,(H,13,15);1H.